The van der Waals surface area contributed by atoms with Crippen molar-refractivity contribution in [1.29, 1.82) is 10.2 Å². The summed E-state index contributed by atoms with van der Waals surface area (Å²) in [5.41, 5.74) is 4.69. The Morgan fingerprint density at radius 1 is 1.19 bits per heavy atom. The first kappa shape index (κ1) is 25.3. The van der Waals surface area contributed by atoms with Gasteiger partial charge in [-0.05, 0) is 73.3 Å². The lowest BCUT2D eigenvalue weighted by Gasteiger charge is -2.27. The van der Waals surface area contributed by atoms with Crippen molar-refractivity contribution in [2.45, 2.75) is 47.2 Å². The van der Waals surface area contributed by atoms with Crippen molar-refractivity contribution in [2.75, 3.05) is 0 Å². The highest BCUT2D eigenvalue weighted by Crippen LogP contribution is 2.52. The molecule has 5 nitrogen and oxygen atoms in total. The van der Waals surface area contributed by atoms with Crippen molar-refractivity contribution in [1.82, 2.24) is 5.32 Å². The molecule has 1 aliphatic heterocycles. The molecule has 5 rings (SSSR count). The molecule has 1 fully saturated rings. The van der Waals surface area contributed by atoms with Gasteiger partial charge in [-0.1, -0.05) is 70.6 Å². The minimum absolute atomic E-state index is 0.0495. The van der Waals surface area contributed by atoms with Crippen molar-refractivity contribution in [3.63, 3.8) is 0 Å². The lowest BCUT2D eigenvalue weighted by atomic mass is 9.77. The third-order valence-corrected chi connectivity index (χ3v) is 11.6. The van der Waals surface area contributed by atoms with Crippen LogP contribution < -0.4 is 5.32 Å². The van der Waals surface area contributed by atoms with Gasteiger partial charge >= 0.3 is 0 Å². The van der Waals surface area contributed by atoms with Gasteiger partial charge in [0.25, 0.3) is 0 Å². The number of carbonyl (C=O) groups is 1. The number of rotatable bonds is 6. The molecule has 3 aliphatic rings. The zero-order valence-electron chi connectivity index (χ0n) is 20.0. The first-order valence-corrected chi connectivity index (χ1v) is 15.1. The molecule has 0 saturated heterocycles. The number of amidine groups is 1. The predicted molar refractivity (Wildman–Crippen MR) is 149 cm³/mol. The fraction of sp³-hybridized carbons (Fsp3) is 0.357. The van der Waals surface area contributed by atoms with Crippen LogP contribution >= 0.6 is 22.6 Å². The number of alkyl halides is 1. The second-order valence-electron chi connectivity index (χ2n) is 9.90. The van der Waals surface area contributed by atoms with Crippen LogP contribution in [0.25, 0.3) is 5.57 Å². The highest BCUT2D eigenvalue weighted by atomic mass is 127. The van der Waals surface area contributed by atoms with Crippen LogP contribution in [0.4, 0.5) is 4.39 Å². The zero-order valence-corrected chi connectivity index (χ0v) is 23.0. The monoisotopic (exact) mass is 617 g/mol. The van der Waals surface area contributed by atoms with Crippen LogP contribution in [0, 0.1) is 33.8 Å². The number of fused-ring (bicyclic) bond motifs is 1. The van der Waals surface area contributed by atoms with Crippen LogP contribution in [0.5, 0.6) is 0 Å². The van der Waals surface area contributed by atoms with Crippen molar-refractivity contribution in [3.8, 4) is 0 Å². The maximum absolute atomic E-state index is 15.1. The van der Waals surface area contributed by atoms with E-state index in [1.54, 1.807) is 19.1 Å². The van der Waals surface area contributed by atoms with Gasteiger partial charge in [-0.25, -0.2) is 13.4 Å². The van der Waals surface area contributed by atoms with E-state index in [1.807, 2.05) is 52.9 Å². The van der Waals surface area contributed by atoms with E-state index in [-0.39, 0.29) is 34.4 Å². The van der Waals surface area contributed by atoms with E-state index in [9.17, 15) is 9.00 Å². The van der Waals surface area contributed by atoms with Gasteiger partial charge < -0.3 is 5.32 Å². The molecule has 1 heterocycles. The van der Waals surface area contributed by atoms with E-state index in [1.165, 1.54) is 11.6 Å². The molecule has 5 atom stereocenters. The fourth-order valence-corrected chi connectivity index (χ4v) is 7.33. The number of allylic oxidation sites excluding steroid dienone is 3. The van der Waals surface area contributed by atoms with Crippen molar-refractivity contribution < 1.29 is 13.4 Å². The first-order chi connectivity index (χ1) is 17.2. The third kappa shape index (κ3) is 4.81. The summed E-state index contributed by atoms with van der Waals surface area (Å²) >= 11 is 1.95. The van der Waals surface area contributed by atoms with E-state index in [2.05, 4.69) is 11.4 Å². The summed E-state index contributed by atoms with van der Waals surface area (Å²) in [4.78, 5) is 12.8. The molecule has 2 aromatic carbocycles. The number of amides is 1. The molecule has 0 bridgehead atoms. The first-order valence-electron chi connectivity index (χ1n) is 12.2. The Bertz CT molecular complexity index is 1400. The number of carbonyl (C=O) groups excluding carboxylic acids is 1. The molecule has 0 radical (unpaired) electrons. The molecule has 8 heteroatoms. The van der Waals surface area contributed by atoms with Crippen LogP contribution in [0.1, 0.15) is 43.7 Å². The predicted octanol–water partition coefficient (Wildman–Crippen LogP) is 6.48. The standard InChI is InChI=1S/C28H29FIN3O2S/c1-16(30)36(32,35)20-11-12-21(25(29)14-20)18-7-9-19(10-8-18)26-22-15-23(22)28(34)33-27(31)24(26)13-17-5-3-2-4-6-17/h2-7,11-12,14,16,19,22-23,32H,8-10,13,15H2,1H3,(H2,31,33,34). The van der Waals surface area contributed by atoms with Gasteiger partial charge in [0.1, 0.15) is 11.7 Å². The minimum atomic E-state index is -3.05. The Morgan fingerprint density at radius 3 is 2.58 bits per heavy atom. The average molecular weight is 618 g/mol. The Labute approximate surface area is 225 Å². The largest absolute Gasteiger partial charge is 0.311 e. The third-order valence-electron chi connectivity index (χ3n) is 7.59. The van der Waals surface area contributed by atoms with E-state index in [4.69, 9.17) is 10.2 Å². The molecule has 0 aromatic heterocycles. The SMILES string of the molecule is CC(I)S(=N)(=O)c1ccc(C2=CCC(C3=C(Cc4ccccc4)C(=N)NC(=O)C4CC34)CC2)c(F)c1. The van der Waals surface area contributed by atoms with Gasteiger partial charge in [0.05, 0.1) is 17.9 Å². The van der Waals surface area contributed by atoms with Gasteiger partial charge in [-0.2, -0.15) is 0 Å². The molecule has 3 N–H and O–H groups in total. The van der Waals surface area contributed by atoms with Crippen molar-refractivity contribution >= 4 is 49.6 Å². The van der Waals surface area contributed by atoms with E-state index >= 15 is 4.39 Å². The van der Waals surface area contributed by atoms with Crippen LogP contribution in [0.2, 0.25) is 0 Å². The second-order valence-corrected chi connectivity index (χ2v) is 15.0. The van der Waals surface area contributed by atoms with Gasteiger partial charge in [-0.3, -0.25) is 10.2 Å². The van der Waals surface area contributed by atoms with Gasteiger partial charge in [0.2, 0.25) is 5.91 Å². The Balaban J connectivity index is 1.43. The van der Waals surface area contributed by atoms with Gasteiger partial charge in [-0.15, -0.1) is 0 Å². The molecule has 2 aliphatic carbocycles. The number of halogens is 2. The van der Waals surface area contributed by atoms with Gasteiger partial charge in [0, 0.05) is 17.9 Å². The average Bonchev–Trinajstić information content (AvgIpc) is 3.65. The fourth-order valence-electron chi connectivity index (χ4n) is 5.52. The number of hydrogen-bond acceptors (Lipinski definition) is 4. The van der Waals surface area contributed by atoms with E-state index in [0.717, 1.165) is 36.0 Å². The molecule has 5 unspecified atom stereocenters. The molecule has 0 spiro atoms. The maximum Gasteiger partial charge on any atom is 0.229 e. The van der Waals surface area contributed by atoms with E-state index in [0.29, 0.717) is 18.4 Å². The number of hydrogen-bond donors (Lipinski definition) is 3. The molecule has 188 valence electrons. The number of benzene rings is 2. The summed E-state index contributed by atoms with van der Waals surface area (Å²) < 4.78 is 35.4. The topological polar surface area (TPSA) is 93.9 Å². The highest BCUT2D eigenvalue weighted by Gasteiger charge is 2.50. The van der Waals surface area contributed by atoms with Gasteiger partial charge in [0.15, 0.2) is 0 Å². The van der Waals surface area contributed by atoms with Crippen molar-refractivity contribution in [3.05, 3.63) is 82.7 Å². The van der Waals surface area contributed by atoms with Crippen LogP contribution in [-0.2, 0) is 20.9 Å². The molecule has 1 saturated carbocycles. The summed E-state index contributed by atoms with van der Waals surface area (Å²) in [6.45, 7) is 1.70. The van der Waals surface area contributed by atoms with E-state index < -0.39 is 18.8 Å². The quantitative estimate of drug-likeness (QED) is 0.256. The van der Waals surface area contributed by atoms with Crippen molar-refractivity contribution in [2.24, 2.45) is 17.8 Å². The second kappa shape index (κ2) is 9.85. The Kier molecular flexibility index (Phi) is 6.93. The summed E-state index contributed by atoms with van der Waals surface area (Å²) in [7, 11) is -3.05. The molecular formula is C28H29FIN3O2S. The summed E-state index contributed by atoms with van der Waals surface area (Å²) in [5, 5.41) is 11.5. The molecule has 2 aromatic rings. The summed E-state index contributed by atoms with van der Waals surface area (Å²) in [6.07, 6.45) is 5.77. The maximum atomic E-state index is 15.1. The highest BCUT2D eigenvalue weighted by molar-refractivity contribution is 14.1. The molecule has 36 heavy (non-hydrogen) atoms. The summed E-state index contributed by atoms with van der Waals surface area (Å²) in [6, 6.07) is 14.6. The lowest BCUT2D eigenvalue weighted by molar-refractivity contribution is -0.121. The smallest absolute Gasteiger partial charge is 0.229 e. The Morgan fingerprint density at radius 2 is 1.94 bits per heavy atom. The van der Waals surface area contributed by atoms with Crippen LogP contribution in [-0.4, -0.2) is 19.2 Å². The number of nitrogens with one attached hydrogen (secondary N) is 3. The molecule has 1 amide bonds. The zero-order chi connectivity index (χ0) is 25.6. The summed E-state index contributed by atoms with van der Waals surface area (Å²) in [5.74, 6) is 0.0701. The van der Waals surface area contributed by atoms with Crippen LogP contribution in [0.15, 0.2) is 70.6 Å². The normalized spacial score (nSPS) is 26.3. The molecular weight excluding hydrogens is 588 g/mol. The lowest BCUT2D eigenvalue weighted by Crippen LogP contribution is -2.32. The minimum Gasteiger partial charge on any atom is -0.311 e. The van der Waals surface area contributed by atoms with Crippen LogP contribution in [0.3, 0.4) is 0 Å². The Hall–Kier alpha value is -2.33.